The van der Waals surface area contributed by atoms with Crippen molar-refractivity contribution < 1.29 is 0 Å². The van der Waals surface area contributed by atoms with E-state index in [0.717, 1.165) is 10.3 Å². The molecule has 18 heavy (non-hydrogen) atoms. The minimum atomic E-state index is 0.550. The zero-order chi connectivity index (χ0) is 12.8. The monoisotopic (exact) mass is 283 g/mol. The zero-order valence-electron chi connectivity index (χ0n) is 11.3. The van der Waals surface area contributed by atoms with E-state index in [4.69, 9.17) is 11.6 Å². The Balaban J connectivity index is 1.67. The van der Waals surface area contributed by atoms with E-state index in [1.54, 1.807) is 11.3 Å². The predicted molar refractivity (Wildman–Crippen MR) is 79.5 cm³/mol. The highest BCUT2D eigenvalue weighted by Gasteiger charge is 2.45. The molecule has 1 unspecified atom stereocenters. The lowest BCUT2D eigenvalue weighted by Crippen LogP contribution is -2.32. The van der Waals surface area contributed by atoms with Crippen molar-refractivity contribution >= 4 is 22.9 Å². The maximum absolute atomic E-state index is 6.16. The average molecular weight is 284 g/mol. The molecule has 0 bridgehead atoms. The fraction of sp³-hybridized carbons (Fsp3) is 0.733. The second-order valence-corrected chi connectivity index (χ2v) is 8.04. The van der Waals surface area contributed by atoms with Gasteiger partial charge in [0.2, 0.25) is 0 Å². The number of hydrogen-bond acceptors (Lipinski definition) is 2. The van der Waals surface area contributed by atoms with Crippen molar-refractivity contribution in [3.8, 4) is 0 Å². The number of aryl methyl sites for hydroxylation is 1. The van der Waals surface area contributed by atoms with Gasteiger partial charge in [-0.2, -0.15) is 0 Å². The van der Waals surface area contributed by atoms with Gasteiger partial charge in [0.05, 0.1) is 4.34 Å². The molecule has 1 heterocycles. The summed E-state index contributed by atoms with van der Waals surface area (Å²) in [6, 6.07) is 2.74. The third-order valence-corrected chi connectivity index (χ3v) is 6.24. The number of hydrogen-bond donors (Lipinski definition) is 1. The third kappa shape index (κ3) is 2.35. The predicted octanol–water partition coefficient (Wildman–Crippen LogP) is 4.80. The maximum atomic E-state index is 6.16. The van der Waals surface area contributed by atoms with E-state index < -0.39 is 0 Å². The Morgan fingerprint density at radius 3 is 2.94 bits per heavy atom. The molecule has 2 aliphatic carbocycles. The lowest BCUT2D eigenvalue weighted by Gasteiger charge is -2.28. The largest absolute Gasteiger partial charge is 0.309 e. The van der Waals surface area contributed by atoms with E-state index in [9.17, 15) is 0 Å². The first kappa shape index (κ1) is 13.0. The Morgan fingerprint density at radius 1 is 1.50 bits per heavy atom. The number of halogens is 1. The van der Waals surface area contributed by atoms with E-state index in [1.807, 2.05) is 0 Å². The molecule has 1 nitrogen and oxygen atoms in total. The number of nitrogens with one attached hydrogen (secondary N) is 1. The molecule has 0 amide bonds. The van der Waals surface area contributed by atoms with Gasteiger partial charge in [0.15, 0.2) is 0 Å². The molecule has 2 aliphatic rings. The minimum Gasteiger partial charge on any atom is -0.309 e. The molecule has 0 saturated heterocycles. The van der Waals surface area contributed by atoms with Gasteiger partial charge in [-0.25, -0.2) is 0 Å². The number of thiophene rings is 1. The average Bonchev–Trinajstić information content (AvgIpc) is 3.02. The van der Waals surface area contributed by atoms with Crippen LogP contribution in [0.1, 0.15) is 56.0 Å². The van der Waals surface area contributed by atoms with Crippen molar-refractivity contribution in [3.63, 3.8) is 0 Å². The fourth-order valence-corrected chi connectivity index (χ4v) is 4.56. The molecular formula is C15H22ClNS. The van der Waals surface area contributed by atoms with Gasteiger partial charge in [0.1, 0.15) is 0 Å². The van der Waals surface area contributed by atoms with Gasteiger partial charge in [-0.05, 0) is 55.1 Å². The molecule has 0 spiro atoms. The zero-order valence-corrected chi connectivity index (χ0v) is 12.8. The quantitative estimate of drug-likeness (QED) is 0.836. The molecule has 1 N–H and O–H groups in total. The topological polar surface area (TPSA) is 12.0 Å². The van der Waals surface area contributed by atoms with Crippen LogP contribution in [0.5, 0.6) is 0 Å². The highest BCUT2D eigenvalue weighted by Crippen LogP contribution is 2.51. The van der Waals surface area contributed by atoms with Gasteiger partial charge in [-0.3, -0.25) is 0 Å². The van der Waals surface area contributed by atoms with Crippen molar-refractivity contribution in [3.05, 3.63) is 20.8 Å². The third-order valence-electron chi connectivity index (χ3n) is 4.90. The van der Waals surface area contributed by atoms with Crippen LogP contribution < -0.4 is 5.32 Å². The standard InChI is InChI=1S/C15H22ClNS/c1-10(2)15(6-7-15)9-17-12-4-3-5-13-11(12)8-14(16)18-13/h8,10,12,17H,3-7,9H2,1-2H3. The second-order valence-electron chi connectivity index (χ2n) is 6.27. The summed E-state index contributed by atoms with van der Waals surface area (Å²) in [7, 11) is 0. The normalized spacial score (nSPS) is 25.2. The number of rotatable bonds is 4. The molecule has 3 rings (SSSR count). The highest BCUT2D eigenvalue weighted by atomic mass is 35.5. The second kappa shape index (κ2) is 4.81. The van der Waals surface area contributed by atoms with Crippen LogP contribution in [-0.4, -0.2) is 6.54 Å². The van der Waals surface area contributed by atoms with E-state index >= 15 is 0 Å². The summed E-state index contributed by atoms with van der Waals surface area (Å²) in [5.74, 6) is 0.805. The molecule has 0 radical (unpaired) electrons. The molecule has 1 aromatic rings. The summed E-state index contributed by atoms with van der Waals surface area (Å²) in [6.07, 6.45) is 6.61. The summed E-state index contributed by atoms with van der Waals surface area (Å²) in [5, 5.41) is 3.82. The summed E-state index contributed by atoms with van der Waals surface area (Å²) in [4.78, 5) is 1.51. The SMILES string of the molecule is CC(C)C1(CNC2CCCc3sc(Cl)cc32)CC1. The summed E-state index contributed by atoms with van der Waals surface area (Å²) >= 11 is 7.93. The lowest BCUT2D eigenvalue weighted by atomic mass is 9.90. The van der Waals surface area contributed by atoms with Crippen LogP contribution in [0.2, 0.25) is 4.34 Å². The van der Waals surface area contributed by atoms with Crippen molar-refractivity contribution in [1.29, 1.82) is 0 Å². The Bertz CT molecular complexity index is 434. The van der Waals surface area contributed by atoms with Gasteiger partial charge in [0.25, 0.3) is 0 Å². The Labute approximate surface area is 119 Å². The number of fused-ring (bicyclic) bond motifs is 1. The van der Waals surface area contributed by atoms with Crippen LogP contribution in [0.3, 0.4) is 0 Å². The van der Waals surface area contributed by atoms with E-state index in [-0.39, 0.29) is 0 Å². The Kier molecular flexibility index (Phi) is 3.46. The first-order chi connectivity index (χ1) is 8.61. The van der Waals surface area contributed by atoms with Crippen molar-refractivity contribution in [2.45, 2.75) is 52.0 Å². The molecule has 1 atom stereocenters. The van der Waals surface area contributed by atoms with Crippen molar-refractivity contribution in [2.75, 3.05) is 6.54 Å². The molecule has 0 aliphatic heterocycles. The van der Waals surface area contributed by atoms with Gasteiger partial charge in [0, 0.05) is 17.5 Å². The van der Waals surface area contributed by atoms with Gasteiger partial charge in [-0.15, -0.1) is 11.3 Å². The summed E-state index contributed by atoms with van der Waals surface area (Å²) in [6.45, 7) is 5.91. The van der Waals surface area contributed by atoms with Gasteiger partial charge < -0.3 is 5.32 Å². The molecular weight excluding hydrogens is 262 g/mol. The molecule has 1 saturated carbocycles. The van der Waals surface area contributed by atoms with Crippen LogP contribution >= 0.6 is 22.9 Å². The van der Waals surface area contributed by atoms with Crippen LogP contribution in [0.15, 0.2) is 6.07 Å². The molecule has 1 fully saturated rings. The maximum Gasteiger partial charge on any atom is 0.0934 e. The van der Waals surface area contributed by atoms with Crippen molar-refractivity contribution in [1.82, 2.24) is 5.32 Å². The van der Waals surface area contributed by atoms with E-state index in [1.165, 1.54) is 49.1 Å². The molecule has 0 aromatic carbocycles. The van der Waals surface area contributed by atoms with Crippen LogP contribution in [0.4, 0.5) is 0 Å². The van der Waals surface area contributed by atoms with Gasteiger partial charge >= 0.3 is 0 Å². The van der Waals surface area contributed by atoms with E-state index in [0.29, 0.717) is 11.5 Å². The summed E-state index contributed by atoms with van der Waals surface area (Å²) in [5.41, 5.74) is 2.08. The van der Waals surface area contributed by atoms with Crippen LogP contribution in [0, 0.1) is 11.3 Å². The lowest BCUT2D eigenvalue weighted by molar-refractivity contribution is 0.311. The highest BCUT2D eigenvalue weighted by molar-refractivity contribution is 7.16. The Morgan fingerprint density at radius 2 is 2.28 bits per heavy atom. The fourth-order valence-electron chi connectivity index (χ4n) is 3.18. The van der Waals surface area contributed by atoms with Gasteiger partial charge in [-0.1, -0.05) is 25.4 Å². The first-order valence-electron chi connectivity index (χ1n) is 7.12. The van der Waals surface area contributed by atoms with Crippen LogP contribution in [0.25, 0.3) is 0 Å². The molecule has 100 valence electrons. The van der Waals surface area contributed by atoms with Crippen LogP contribution in [-0.2, 0) is 6.42 Å². The minimum absolute atomic E-state index is 0.550. The van der Waals surface area contributed by atoms with E-state index in [2.05, 4.69) is 25.2 Å². The first-order valence-corrected chi connectivity index (χ1v) is 8.32. The van der Waals surface area contributed by atoms with Crippen molar-refractivity contribution in [2.24, 2.45) is 11.3 Å². The molecule has 1 aromatic heterocycles. The smallest absolute Gasteiger partial charge is 0.0934 e. The summed E-state index contributed by atoms with van der Waals surface area (Å²) < 4.78 is 0.957. The molecule has 3 heteroatoms. The Hall–Kier alpha value is -0.0500.